The molecule has 35 heavy (non-hydrogen) atoms. The Bertz CT molecular complexity index is 1270. The van der Waals surface area contributed by atoms with E-state index in [0.29, 0.717) is 36.7 Å². The van der Waals surface area contributed by atoms with Crippen LogP contribution in [0.2, 0.25) is 0 Å². The Kier molecular flexibility index (Phi) is 7.51. The molecular weight excluding hydrogens is 462 g/mol. The van der Waals surface area contributed by atoms with Gasteiger partial charge in [0.15, 0.2) is 0 Å². The van der Waals surface area contributed by atoms with Gasteiger partial charge in [0.25, 0.3) is 0 Å². The number of imidazole rings is 1. The first-order valence-corrected chi connectivity index (χ1v) is 12.5. The van der Waals surface area contributed by atoms with Gasteiger partial charge >= 0.3 is 0 Å². The lowest BCUT2D eigenvalue weighted by molar-refractivity contribution is -0.132. The number of hydrogen-bond acceptors (Lipinski definition) is 6. The van der Waals surface area contributed by atoms with E-state index >= 15 is 0 Å². The second-order valence-corrected chi connectivity index (χ2v) is 9.72. The van der Waals surface area contributed by atoms with Gasteiger partial charge < -0.3 is 19.5 Å². The number of aromatic nitrogens is 2. The van der Waals surface area contributed by atoms with Crippen LogP contribution in [-0.2, 0) is 29.1 Å². The number of ether oxygens (including phenoxy) is 1. The predicted molar refractivity (Wildman–Crippen MR) is 134 cm³/mol. The number of benzene rings is 1. The molecule has 1 aliphatic rings. The maximum absolute atomic E-state index is 12.9. The van der Waals surface area contributed by atoms with Crippen LogP contribution in [-0.4, -0.2) is 39.4 Å². The van der Waals surface area contributed by atoms with Gasteiger partial charge in [-0.2, -0.15) is 5.26 Å². The Labute approximate surface area is 209 Å². The van der Waals surface area contributed by atoms with Gasteiger partial charge in [-0.15, -0.1) is 11.3 Å². The third kappa shape index (κ3) is 5.38. The second-order valence-electron chi connectivity index (χ2n) is 8.61. The van der Waals surface area contributed by atoms with Gasteiger partial charge in [0.1, 0.15) is 29.2 Å². The Morgan fingerprint density at radius 2 is 2.14 bits per heavy atom. The molecule has 9 heteroatoms. The molecule has 4 rings (SSSR count). The quantitative estimate of drug-likeness (QED) is 0.508. The molecule has 0 fully saturated rings. The number of para-hydroxylation sites is 1. The van der Waals surface area contributed by atoms with Crippen molar-refractivity contribution >= 4 is 28.2 Å². The summed E-state index contributed by atoms with van der Waals surface area (Å²) in [6.07, 6.45) is 4.34. The molecule has 8 nitrogen and oxygen atoms in total. The summed E-state index contributed by atoms with van der Waals surface area (Å²) in [6.45, 7) is 7.58. The number of carbonyl (C=O) groups excluding carboxylic acids is 2. The smallest absolute Gasteiger partial charge is 0.242 e. The summed E-state index contributed by atoms with van der Waals surface area (Å²) in [5.74, 6) is 1.40. The van der Waals surface area contributed by atoms with Crippen LogP contribution < -0.4 is 10.1 Å². The van der Waals surface area contributed by atoms with E-state index in [1.54, 1.807) is 17.3 Å². The molecule has 3 aromatic rings. The van der Waals surface area contributed by atoms with E-state index in [1.807, 2.05) is 49.6 Å². The van der Waals surface area contributed by atoms with Crippen LogP contribution >= 0.6 is 11.3 Å². The fraction of sp³-hybridized carbons (Fsp3) is 0.385. The van der Waals surface area contributed by atoms with Crippen molar-refractivity contribution in [3.63, 3.8) is 0 Å². The zero-order valence-corrected chi connectivity index (χ0v) is 21.0. The van der Waals surface area contributed by atoms with Crippen molar-refractivity contribution in [1.82, 2.24) is 14.5 Å². The average molecular weight is 492 g/mol. The molecule has 1 atom stereocenters. The molecular formula is C26H29N5O3S. The first kappa shape index (κ1) is 24.5. The van der Waals surface area contributed by atoms with Crippen LogP contribution in [0.3, 0.4) is 0 Å². The number of nitriles is 1. The third-order valence-electron chi connectivity index (χ3n) is 6.24. The highest BCUT2D eigenvalue weighted by molar-refractivity contribution is 7.16. The molecule has 0 bridgehead atoms. The Hall–Kier alpha value is -3.64. The van der Waals surface area contributed by atoms with E-state index in [4.69, 9.17) is 4.74 Å². The van der Waals surface area contributed by atoms with Gasteiger partial charge in [-0.3, -0.25) is 9.59 Å². The van der Waals surface area contributed by atoms with Crippen LogP contribution in [0.5, 0.6) is 5.75 Å². The lowest BCUT2D eigenvalue weighted by Crippen LogP contribution is -2.37. The van der Waals surface area contributed by atoms with E-state index in [-0.39, 0.29) is 30.7 Å². The first-order valence-electron chi connectivity index (χ1n) is 11.7. The number of fused-ring (bicyclic) bond motifs is 1. The number of nitrogens with zero attached hydrogens (tertiary/aromatic N) is 4. The highest BCUT2D eigenvalue weighted by Crippen LogP contribution is 2.37. The third-order valence-corrected chi connectivity index (χ3v) is 7.38. The van der Waals surface area contributed by atoms with Crippen LogP contribution in [0, 0.1) is 18.3 Å². The number of aryl methyl sites for hydroxylation is 1. The van der Waals surface area contributed by atoms with Gasteiger partial charge in [-0.1, -0.05) is 25.1 Å². The SMILES string of the molecule is CCOc1ccccc1[C@@H](C)CC(=O)Nc1sc2c(c1C#N)CCN(C(=O)Cn1ccnc1C)C2. The van der Waals surface area contributed by atoms with Crippen molar-refractivity contribution in [2.75, 3.05) is 18.5 Å². The van der Waals surface area contributed by atoms with Gasteiger partial charge in [-0.05, 0) is 43.4 Å². The molecule has 1 aromatic carbocycles. The molecule has 0 radical (unpaired) electrons. The molecule has 0 aliphatic carbocycles. The number of nitrogens with one attached hydrogen (secondary N) is 1. The topological polar surface area (TPSA) is 100 Å². The van der Waals surface area contributed by atoms with Crippen molar-refractivity contribution in [2.24, 2.45) is 0 Å². The molecule has 2 amide bonds. The summed E-state index contributed by atoms with van der Waals surface area (Å²) in [6, 6.07) is 10.0. The number of anilines is 1. The van der Waals surface area contributed by atoms with Crippen molar-refractivity contribution in [2.45, 2.75) is 52.6 Å². The number of thiophene rings is 1. The second kappa shape index (κ2) is 10.7. The highest BCUT2D eigenvalue weighted by Gasteiger charge is 2.28. The molecule has 3 heterocycles. The average Bonchev–Trinajstić information content (AvgIpc) is 3.40. The van der Waals surface area contributed by atoms with Crippen molar-refractivity contribution in [1.29, 1.82) is 5.26 Å². The van der Waals surface area contributed by atoms with Crippen LogP contribution in [0.4, 0.5) is 5.00 Å². The van der Waals surface area contributed by atoms with E-state index in [2.05, 4.69) is 16.4 Å². The van der Waals surface area contributed by atoms with Gasteiger partial charge in [0.2, 0.25) is 11.8 Å². The molecule has 0 saturated carbocycles. The van der Waals surface area contributed by atoms with Gasteiger partial charge in [-0.25, -0.2) is 4.98 Å². The summed E-state index contributed by atoms with van der Waals surface area (Å²) in [4.78, 5) is 32.7. The minimum Gasteiger partial charge on any atom is -0.494 e. The minimum atomic E-state index is -0.151. The molecule has 0 spiro atoms. The summed E-state index contributed by atoms with van der Waals surface area (Å²) in [7, 11) is 0. The van der Waals surface area contributed by atoms with E-state index in [0.717, 1.165) is 27.6 Å². The monoisotopic (exact) mass is 491 g/mol. The standard InChI is InChI=1S/C26H29N5O3S/c1-4-34-22-8-6-5-7-19(22)17(2)13-24(32)29-26-21(14-27)20-9-11-31(15-23(20)35-26)25(33)16-30-12-10-28-18(30)3/h5-8,10,12,17H,4,9,11,13,15-16H2,1-3H3,(H,29,32)/t17-/m0/s1. The summed E-state index contributed by atoms with van der Waals surface area (Å²) < 4.78 is 7.53. The van der Waals surface area contributed by atoms with Crippen LogP contribution in [0.15, 0.2) is 36.7 Å². The van der Waals surface area contributed by atoms with E-state index < -0.39 is 0 Å². The highest BCUT2D eigenvalue weighted by atomic mass is 32.1. The molecule has 0 saturated heterocycles. The summed E-state index contributed by atoms with van der Waals surface area (Å²) >= 11 is 1.39. The molecule has 2 aromatic heterocycles. The maximum Gasteiger partial charge on any atom is 0.242 e. The molecule has 182 valence electrons. The molecule has 0 unspecified atom stereocenters. The largest absolute Gasteiger partial charge is 0.494 e. The number of hydrogen-bond donors (Lipinski definition) is 1. The Morgan fingerprint density at radius 3 is 2.86 bits per heavy atom. The first-order chi connectivity index (χ1) is 16.9. The van der Waals surface area contributed by atoms with Gasteiger partial charge in [0.05, 0.1) is 18.7 Å². The fourth-order valence-electron chi connectivity index (χ4n) is 4.38. The van der Waals surface area contributed by atoms with Gasteiger partial charge in [0, 0.05) is 30.2 Å². The summed E-state index contributed by atoms with van der Waals surface area (Å²) in [5, 5.41) is 13.3. The zero-order valence-electron chi connectivity index (χ0n) is 20.2. The molecule has 1 aliphatic heterocycles. The lowest BCUT2D eigenvalue weighted by atomic mass is 9.96. The predicted octanol–water partition coefficient (Wildman–Crippen LogP) is 4.24. The van der Waals surface area contributed by atoms with Crippen LogP contribution in [0.1, 0.15) is 53.6 Å². The zero-order chi connectivity index (χ0) is 24.9. The normalized spacial score (nSPS) is 13.6. The van der Waals surface area contributed by atoms with Crippen LogP contribution in [0.25, 0.3) is 0 Å². The van der Waals surface area contributed by atoms with Crippen molar-refractivity contribution < 1.29 is 14.3 Å². The summed E-state index contributed by atoms with van der Waals surface area (Å²) in [5.41, 5.74) is 2.43. The number of carbonyl (C=O) groups is 2. The maximum atomic E-state index is 12.9. The fourth-order valence-corrected chi connectivity index (χ4v) is 5.61. The van der Waals surface area contributed by atoms with Crippen molar-refractivity contribution in [3.05, 3.63) is 64.1 Å². The van der Waals surface area contributed by atoms with E-state index in [9.17, 15) is 14.9 Å². The number of amides is 2. The molecule has 1 N–H and O–H groups in total. The number of rotatable bonds is 8. The lowest BCUT2D eigenvalue weighted by Gasteiger charge is -2.27. The Morgan fingerprint density at radius 1 is 1.34 bits per heavy atom. The van der Waals surface area contributed by atoms with E-state index in [1.165, 1.54) is 11.3 Å². The van der Waals surface area contributed by atoms with Crippen molar-refractivity contribution in [3.8, 4) is 11.8 Å². The Balaban J connectivity index is 1.44. The minimum absolute atomic E-state index is 0.0102.